The van der Waals surface area contributed by atoms with Crippen LogP contribution in [0.4, 0.5) is 0 Å². The molecule has 1 amide bonds. The normalized spacial score (nSPS) is 18.1. The zero-order valence-corrected chi connectivity index (χ0v) is 15.2. The van der Waals surface area contributed by atoms with Gasteiger partial charge in [-0.3, -0.25) is 9.59 Å². The van der Waals surface area contributed by atoms with E-state index in [-0.39, 0.29) is 16.7 Å². The molecule has 3 N–H and O–H groups in total. The van der Waals surface area contributed by atoms with Gasteiger partial charge >= 0.3 is 0 Å². The molecule has 7 heteroatoms. The van der Waals surface area contributed by atoms with E-state index < -0.39 is 5.91 Å². The monoisotopic (exact) mass is 351 g/mol. The molecule has 1 aliphatic rings. The van der Waals surface area contributed by atoms with Crippen LogP contribution >= 0.6 is 23.1 Å². The van der Waals surface area contributed by atoms with Crippen LogP contribution in [-0.4, -0.2) is 21.6 Å². The summed E-state index contributed by atoms with van der Waals surface area (Å²) in [5, 5.41) is 1.20. The fourth-order valence-corrected chi connectivity index (χ4v) is 5.07. The van der Waals surface area contributed by atoms with Gasteiger partial charge in [0, 0.05) is 4.88 Å². The SMILES string of the molecule is CC(C)(C)[C@@H]1CCc2c(sc3nc(SCC(N)=O)[nH]c(=O)c23)C1. The van der Waals surface area contributed by atoms with Crippen molar-refractivity contribution >= 4 is 39.2 Å². The van der Waals surface area contributed by atoms with Crippen LogP contribution in [-0.2, 0) is 17.6 Å². The third kappa shape index (κ3) is 3.30. The first-order valence-corrected chi connectivity index (χ1v) is 9.51. The highest BCUT2D eigenvalue weighted by molar-refractivity contribution is 7.99. The average molecular weight is 351 g/mol. The Morgan fingerprint density at radius 3 is 2.87 bits per heavy atom. The predicted molar refractivity (Wildman–Crippen MR) is 95.1 cm³/mol. The van der Waals surface area contributed by atoms with Crippen molar-refractivity contribution in [2.24, 2.45) is 17.1 Å². The van der Waals surface area contributed by atoms with E-state index in [1.807, 2.05) is 0 Å². The Kier molecular flexibility index (Phi) is 4.27. The van der Waals surface area contributed by atoms with Crippen LogP contribution < -0.4 is 11.3 Å². The molecule has 0 fully saturated rings. The number of fused-ring (bicyclic) bond motifs is 3. The van der Waals surface area contributed by atoms with E-state index in [9.17, 15) is 9.59 Å². The van der Waals surface area contributed by atoms with Gasteiger partial charge in [0.25, 0.3) is 5.56 Å². The minimum absolute atomic E-state index is 0.103. The van der Waals surface area contributed by atoms with Crippen LogP contribution in [0.25, 0.3) is 10.2 Å². The summed E-state index contributed by atoms with van der Waals surface area (Å²) in [6.07, 6.45) is 3.07. The average Bonchev–Trinajstić information content (AvgIpc) is 2.81. The summed E-state index contributed by atoms with van der Waals surface area (Å²) < 4.78 is 0. The maximum atomic E-state index is 12.4. The highest BCUT2D eigenvalue weighted by atomic mass is 32.2. The number of thioether (sulfide) groups is 1. The van der Waals surface area contributed by atoms with Gasteiger partial charge in [-0.25, -0.2) is 4.98 Å². The molecule has 0 aromatic carbocycles. The first-order chi connectivity index (χ1) is 10.8. The van der Waals surface area contributed by atoms with Crippen LogP contribution in [0.2, 0.25) is 0 Å². The van der Waals surface area contributed by atoms with Crippen LogP contribution in [0.3, 0.4) is 0 Å². The molecule has 124 valence electrons. The van der Waals surface area contributed by atoms with Crippen molar-refractivity contribution in [3.05, 3.63) is 20.8 Å². The second kappa shape index (κ2) is 5.94. The molecule has 2 heterocycles. The molecule has 0 unspecified atom stereocenters. The van der Waals surface area contributed by atoms with Crippen molar-refractivity contribution in [1.29, 1.82) is 0 Å². The fourth-order valence-electron chi connectivity index (χ4n) is 3.11. The number of H-pyrrole nitrogens is 1. The molecule has 23 heavy (non-hydrogen) atoms. The van der Waals surface area contributed by atoms with E-state index in [0.29, 0.717) is 11.1 Å². The second-order valence-corrected chi connectivity index (χ2v) is 9.16. The number of thiophene rings is 1. The molecule has 0 saturated heterocycles. The molecule has 5 nitrogen and oxygen atoms in total. The lowest BCUT2D eigenvalue weighted by atomic mass is 9.72. The van der Waals surface area contributed by atoms with Gasteiger partial charge in [-0.05, 0) is 36.2 Å². The van der Waals surface area contributed by atoms with Crippen molar-refractivity contribution in [3.63, 3.8) is 0 Å². The molecule has 3 rings (SSSR count). The standard InChI is InChI=1S/C16H21N3O2S2/c1-16(2,3)8-4-5-9-10(6-8)23-14-12(9)13(21)18-15(19-14)22-7-11(17)20/h8H,4-7H2,1-3H3,(H2,17,20)(H,18,19,21)/t8-/m1/s1. The Hall–Kier alpha value is -1.34. The first-order valence-electron chi connectivity index (χ1n) is 7.71. The van der Waals surface area contributed by atoms with Crippen LogP contribution in [0.5, 0.6) is 0 Å². The highest BCUT2D eigenvalue weighted by Gasteiger charge is 2.31. The number of hydrogen-bond acceptors (Lipinski definition) is 5. The largest absolute Gasteiger partial charge is 0.369 e. The molecular weight excluding hydrogens is 330 g/mol. The van der Waals surface area contributed by atoms with Crippen LogP contribution in [0.15, 0.2) is 9.95 Å². The van der Waals surface area contributed by atoms with Crippen molar-refractivity contribution < 1.29 is 4.79 Å². The van der Waals surface area contributed by atoms with E-state index >= 15 is 0 Å². The Bertz CT molecular complexity index is 817. The Labute approximate surface area is 143 Å². The number of amides is 1. The van der Waals surface area contributed by atoms with E-state index in [0.717, 1.165) is 29.5 Å². The maximum absolute atomic E-state index is 12.4. The number of nitrogens with one attached hydrogen (secondary N) is 1. The van der Waals surface area contributed by atoms with Crippen molar-refractivity contribution in [3.8, 4) is 0 Å². The third-order valence-electron chi connectivity index (χ3n) is 4.47. The molecule has 2 aromatic heterocycles. The number of rotatable bonds is 3. The van der Waals surface area contributed by atoms with Gasteiger partial charge < -0.3 is 10.7 Å². The lowest BCUT2D eigenvalue weighted by Gasteiger charge is -2.33. The summed E-state index contributed by atoms with van der Waals surface area (Å²) in [5.41, 5.74) is 6.49. The zero-order chi connectivity index (χ0) is 16.8. The lowest BCUT2D eigenvalue weighted by molar-refractivity contribution is -0.115. The van der Waals surface area contributed by atoms with Gasteiger partial charge in [0.2, 0.25) is 5.91 Å². The van der Waals surface area contributed by atoms with E-state index in [2.05, 4.69) is 30.7 Å². The third-order valence-corrected chi connectivity index (χ3v) is 6.52. The Balaban J connectivity index is 1.98. The number of carbonyl (C=O) groups excluding carboxylic acids is 1. The fraction of sp³-hybridized carbons (Fsp3) is 0.562. The van der Waals surface area contributed by atoms with E-state index in [1.165, 1.54) is 22.2 Å². The summed E-state index contributed by atoms with van der Waals surface area (Å²) in [4.78, 5) is 32.7. The number of hydrogen-bond donors (Lipinski definition) is 2. The van der Waals surface area contributed by atoms with Crippen molar-refractivity contribution in [2.75, 3.05) is 5.75 Å². The van der Waals surface area contributed by atoms with Gasteiger partial charge in [-0.15, -0.1) is 11.3 Å². The van der Waals surface area contributed by atoms with Gasteiger partial charge in [0.15, 0.2) is 5.16 Å². The Morgan fingerprint density at radius 2 is 2.22 bits per heavy atom. The van der Waals surface area contributed by atoms with Crippen molar-refractivity contribution in [1.82, 2.24) is 9.97 Å². The number of aryl methyl sites for hydroxylation is 1. The molecule has 1 aliphatic carbocycles. The van der Waals surface area contributed by atoms with Gasteiger partial charge in [0.1, 0.15) is 4.83 Å². The molecular formula is C16H21N3O2S2. The molecule has 0 saturated carbocycles. The summed E-state index contributed by atoms with van der Waals surface area (Å²) >= 11 is 2.80. The number of primary amides is 1. The number of aromatic nitrogens is 2. The molecule has 1 atom stereocenters. The summed E-state index contributed by atoms with van der Waals surface area (Å²) in [6, 6.07) is 0. The van der Waals surface area contributed by atoms with Gasteiger partial charge in [-0.2, -0.15) is 0 Å². The molecule has 0 radical (unpaired) electrons. The molecule has 0 spiro atoms. The van der Waals surface area contributed by atoms with Crippen LogP contribution in [0, 0.1) is 11.3 Å². The molecule has 2 aromatic rings. The van der Waals surface area contributed by atoms with Crippen molar-refractivity contribution in [2.45, 2.75) is 45.2 Å². The lowest BCUT2D eigenvalue weighted by Crippen LogP contribution is -2.26. The van der Waals surface area contributed by atoms with Gasteiger partial charge in [-0.1, -0.05) is 32.5 Å². The minimum Gasteiger partial charge on any atom is -0.369 e. The minimum atomic E-state index is -0.420. The highest BCUT2D eigenvalue weighted by Crippen LogP contribution is 2.42. The predicted octanol–water partition coefficient (Wildman–Crippen LogP) is 2.71. The summed E-state index contributed by atoms with van der Waals surface area (Å²) in [5.74, 6) is 0.327. The summed E-state index contributed by atoms with van der Waals surface area (Å²) in [7, 11) is 0. The number of carbonyl (C=O) groups is 1. The maximum Gasteiger partial charge on any atom is 0.260 e. The molecule has 0 bridgehead atoms. The Morgan fingerprint density at radius 1 is 1.48 bits per heavy atom. The summed E-state index contributed by atoms with van der Waals surface area (Å²) in [6.45, 7) is 6.83. The first kappa shape index (κ1) is 16.5. The number of nitrogens with zero attached hydrogens (tertiary/aromatic N) is 1. The van der Waals surface area contributed by atoms with E-state index in [4.69, 9.17) is 5.73 Å². The van der Waals surface area contributed by atoms with E-state index in [1.54, 1.807) is 11.3 Å². The number of nitrogens with two attached hydrogens (primary N) is 1. The topological polar surface area (TPSA) is 88.8 Å². The number of aromatic amines is 1. The van der Waals surface area contributed by atoms with Gasteiger partial charge in [0.05, 0.1) is 11.1 Å². The smallest absolute Gasteiger partial charge is 0.260 e. The second-order valence-electron chi connectivity index (χ2n) is 7.12. The zero-order valence-electron chi connectivity index (χ0n) is 13.6. The molecule has 0 aliphatic heterocycles. The van der Waals surface area contributed by atoms with Crippen LogP contribution in [0.1, 0.15) is 37.6 Å². The quantitative estimate of drug-likeness (QED) is 0.657.